The minimum absolute atomic E-state index is 0.549. The Balaban J connectivity index is 2.34. The van der Waals surface area contributed by atoms with Crippen LogP contribution in [-0.4, -0.2) is 20.1 Å². The van der Waals surface area contributed by atoms with E-state index in [-0.39, 0.29) is 0 Å². The zero-order valence-corrected chi connectivity index (χ0v) is 11.4. The van der Waals surface area contributed by atoms with Gasteiger partial charge in [0, 0.05) is 23.1 Å². The van der Waals surface area contributed by atoms with Gasteiger partial charge in [-0.2, -0.15) is 0 Å². The highest BCUT2D eigenvalue weighted by molar-refractivity contribution is 7.99. The SMILES string of the molecule is Cc1cc(C)nc(Sc2ncccc2[C@H](C)O)n1. The topological polar surface area (TPSA) is 58.9 Å². The van der Waals surface area contributed by atoms with Gasteiger partial charge in [0.1, 0.15) is 5.03 Å². The minimum atomic E-state index is -0.549. The second-order valence-electron chi connectivity index (χ2n) is 4.11. The number of aliphatic hydroxyl groups is 1. The largest absolute Gasteiger partial charge is 0.389 e. The van der Waals surface area contributed by atoms with Crippen LogP contribution in [0.3, 0.4) is 0 Å². The molecule has 2 aromatic rings. The molecule has 0 aliphatic rings. The van der Waals surface area contributed by atoms with E-state index < -0.39 is 6.10 Å². The molecule has 0 aliphatic heterocycles. The van der Waals surface area contributed by atoms with Crippen LogP contribution >= 0.6 is 11.8 Å². The van der Waals surface area contributed by atoms with Crippen LogP contribution in [0.1, 0.15) is 30.0 Å². The third-order valence-corrected chi connectivity index (χ3v) is 3.30. The second kappa shape index (κ2) is 5.46. The highest BCUT2D eigenvalue weighted by Gasteiger charge is 2.11. The van der Waals surface area contributed by atoms with Gasteiger partial charge in [0.15, 0.2) is 5.16 Å². The number of aromatic nitrogens is 3. The Labute approximate surface area is 111 Å². The summed E-state index contributed by atoms with van der Waals surface area (Å²) in [4.78, 5) is 13.0. The lowest BCUT2D eigenvalue weighted by Crippen LogP contribution is -1.98. The number of rotatable bonds is 3. The Hall–Kier alpha value is -1.46. The van der Waals surface area contributed by atoms with Crippen molar-refractivity contribution in [1.29, 1.82) is 0 Å². The third kappa shape index (κ3) is 3.05. The van der Waals surface area contributed by atoms with Gasteiger partial charge in [-0.15, -0.1) is 0 Å². The lowest BCUT2D eigenvalue weighted by atomic mass is 10.2. The fourth-order valence-electron chi connectivity index (χ4n) is 1.63. The maximum absolute atomic E-state index is 9.70. The first-order valence-electron chi connectivity index (χ1n) is 5.69. The van der Waals surface area contributed by atoms with Crippen molar-refractivity contribution in [2.24, 2.45) is 0 Å². The second-order valence-corrected chi connectivity index (χ2v) is 5.07. The van der Waals surface area contributed by atoms with Crippen molar-refractivity contribution in [3.8, 4) is 0 Å². The lowest BCUT2D eigenvalue weighted by Gasteiger charge is -2.09. The van der Waals surface area contributed by atoms with E-state index in [0.717, 1.165) is 22.0 Å². The summed E-state index contributed by atoms with van der Waals surface area (Å²) >= 11 is 1.38. The van der Waals surface area contributed by atoms with Gasteiger partial charge in [0.2, 0.25) is 0 Å². The molecule has 0 spiro atoms. The van der Waals surface area contributed by atoms with E-state index in [2.05, 4.69) is 15.0 Å². The van der Waals surface area contributed by atoms with Crippen LogP contribution < -0.4 is 0 Å². The molecule has 0 unspecified atom stereocenters. The molecule has 0 aromatic carbocycles. The number of nitrogens with zero attached hydrogens (tertiary/aromatic N) is 3. The molecular formula is C13H15N3OS. The molecule has 0 saturated heterocycles. The first-order chi connectivity index (χ1) is 8.56. The predicted molar refractivity (Wildman–Crippen MR) is 70.5 cm³/mol. The van der Waals surface area contributed by atoms with E-state index in [1.54, 1.807) is 13.1 Å². The highest BCUT2D eigenvalue weighted by atomic mass is 32.2. The van der Waals surface area contributed by atoms with Gasteiger partial charge in [0.05, 0.1) is 6.10 Å². The molecule has 0 radical (unpaired) electrons. The molecule has 0 bridgehead atoms. The Bertz CT molecular complexity index is 537. The van der Waals surface area contributed by atoms with Crippen LogP contribution in [0.4, 0.5) is 0 Å². The fraction of sp³-hybridized carbons (Fsp3) is 0.308. The molecule has 0 amide bonds. The van der Waals surface area contributed by atoms with Gasteiger partial charge >= 0.3 is 0 Å². The lowest BCUT2D eigenvalue weighted by molar-refractivity contribution is 0.195. The standard InChI is InChI=1S/C13H15N3OS/c1-8-7-9(2)16-13(15-8)18-12-11(10(3)17)5-4-6-14-12/h4-7,10,17H,1-3H3/t10-/m0/s1. The fourth-order valence-corrected chi connectivity index (χ4v) is 2.65. The number of aryl methyl sites for hydroxylation is 2. The number of hydrogen-bond donors (Lipinski definition) is 1. The van der Waals surface area contributed by atoms with Crippen molar-refractivity contribution < 1.29 is 5.11 Å². The number of aliphatic hydroxyl groups excluding tert-OH is 1. The Morgan fingerprint density at radius 1 is 1.22 bits per heavy atom. The molecule has 94 valence electrons. The predicted octanol–water partition coefficient (Wildman–Crippen LogP) is 2.69. The van der Waals surface area contributed by atoms with Crippen molar-refractivity contribution in [3.05, 3.63) is 41.3 Å². The average Bonchev–Trinajstić information content (AvgIpc) is 2.27. The summed E-state index contributed by atoms with van der Waals surface area (Å²) in [5.74, 6) is 0. The molecule has 0 aliphatic carbocycles. The van der Waals surface area contributed by atoms with E-state index in [1.807, 2.05) is 32.0 Å². The summed E-state index contributed by atoms with van der Waals surface area (Å²) in [5.41, 5.74) is 2.66. The van der Waals surface area contributed by atoms with Gasteiger partial charge < -0.3 is 5.11 Å². The molecule has 18 heavy (non-hydrogen) atoms. The first kappa shape index (κ1) is 13.0. The molecule has 2 aromatic heterocycles. The van der Waals surface area contributed by atoms with Gasteiger partial charge in [-0.3, -0.25) is 0 Å². The van der Waals surface area contributed by atoms with Crippen LogP contribution in [0.15, 0.2) is 34.6 Å². The van der Waals surface area contributed by atoms with Crippen LogP contribution in [0.25, 0.3) is 0 Å². The van der Waals surface area contributed by atoms with E-state index in [9.17, 15) is 5.11 Å². The summed E-state index contributed by atoms with van der Waals surface area (Å²) in [6.45, 7) is 5.60. The molecule has 0 saturated carbocycles. The van der Waals surface area contributed by atoms with Gasteiger partial charge in [-0.25, -0.2) is 15.0 Å². The summed E-state index contributed by atoms with van der Waals surface area (Å²) in [6, 6.07) is 5.61. The average molecular weight is 261 g/mol. The van der Waals surface area contributed by atoms with Crippen LogP contribution in [0.2, 0.25) is 0 Å². The van der Waals surface area contributed by atoms with E-state index >= 15 is 0 Å². The molecule has 4 nitrogen and oxygen atoms in total. The summed E-state index contributed by atoms with van der Waals surface area (Å²) in [6.07, 6.45) is 1.16. The zero-order chi connectivity index (χ0) is 13.1. The highest BCUT2D eigenvalue weighted by Crippen LogP contribution is 2.29. The molecule has 2 heterocycles. The Morgan fingerprint density at radius 2 is 1.89 bits per heavy atom. The molecule has 5 heteroatoms. The molecule has 1 atom stereocenters. The van der Waals surface area contributed by atoms with Crippen molar-refractivity contribution in [1.82, 2.24) is 15.0 Å². The summed E-state index contributed by atoms with van der Waals surface area (Å²) < 4.78 is 0. The summed E-state index contributed by atoms with van der Waals surface area (Å²) in [5, 5.41) is 11.1. The molecule has 0 fully saturated rings. The first-order valence-corrected chi connectivity index (χ1v) is 6.51. The van der Waals surface area contributed by atoms with Crippen molar-refractivity contribution in [3.63, 3.8) is 0 Å². The summed E-state index contributed by atoms with van der Waals surface area (Å²) in [7, 11) is 0. The molecular weight excluding hydrogens is 246 g/mol. The van der Waals surface area contributed by atoms with Crippen LogP contribution in [-0.2, 0) is 0 Å². The van der Waals surface area contributed by atoms with Gasteiger partial charge in [-0.05, 0) is 44.7 Å². The minimum Gasteiger partial charge on any atom is -0.389 e. The number of pyridine rings is 1. The molecule has 2 rings (SSSR count). The third-order valence-electron chi connectivity index (χ3n) is 2.40. The Morgan fingerprint density at radius 3 is 2.50 bits per heavy atom. The maximum atomic E-state index is 9.70. The maximum Gasteiger partial charge on any atom is 0.194 e. The van der Waals surface area contributed by atoms with Crippen molar-refractivity contribution in [2.75, 3.05) is 0 Å². The number of hydrogen-bond acceptors (Lipinski definition) is 5. The van der Waals surface area contributed by atoms with Gasteiger partial charge in [-0.1, -0.05) is 6.07 Å². The smallest absolute Gasteiger partial charge is 0.194 e. The van der Waals surface area contributed by atoms with Crippen molar-refractivity contribution in [2.45, 2.75) is 37.1 Å². The zero-order valence-electron chi connectivity index (χ0n) is 10.6. The normalized spacial score (nSPS) is 12.4. The van der Waals surface area contributed by atoms with Crippen LogP contribution in [0.5, 0.6) is 0 Å². The molecule has 1 N–H and O–H groups in total. The van der Waals surface area contributed by atoms with E-state index in [0.29, 0.717) is 5.16 Å². The Kier molecular flexibility index (Phi) is 3.93. The van der Waals surface area contributed by atoms with E-state index in [4.69, 9.17) is 0 Å². The van der Waals surface area contributed by atoms with E-state index in [1.165, 1.54) is 11.8 Å². The quantitative estimate of drug-likeness (QED) is 0.861. The monoisotopic (exact) mass is 261 g/mol. The van der Waals surface area contributed by atoms with Gasteiger partial charge in [0.25, 0.3) is 0 Å². The van der Waals surface area contributed by atoms with Crippen LogP contribution in [0, 0.1) is 13.8 Å². The van der Waals surface area contributed by atoms with Crippen molar-refractivity contribution >= 4 is 11.8 Å².